The Kier molecular flexibility index (Phi) is 3.63. The molecular weight excluding hydrogens is 266 g/mol. The molecule has 114 valence electrons. The van der Waals surface area contributed by atoms with Crippen LogP contribution in [-0.2, 0) is 4.79 Å². The number of carbonyl (C=O) groups excluding carboxylic acids is 1. The highest BCUT2D eigenvalue weighted by Crippen LogP contribution is 2.37. The quantitative estimate of drug-likeness (QED) is 0.889. The number of likely N-dealkylation sites (N-methyl/N-ethyl adjacent to an activating group) is 1. The van der Waals surface area contributed by atoms with Crippen LogP contribution in [0.25, 0.3) is 0 Å². The molecular formula is C16H23N3O2. The summed E-state index contributed by atoms with van der Waals surface area (Å²) in [4.78, 5) is 18.2. The monoisotopic (exact) mass is 289 g/mol. The van der Waals surface area contributed by atoms with Gasteiger partial charge in [-0.2, -0.15) is 0 Å². The van der Waals surface area contributed by atoms with Crippen LogP contribution in [0.1, 0.15) is 25.5 Å². The zero-order chi connectivity index (χ0) is 15.1. The average Bonchev–Trinajstić information content (AvgIpc) is 2.72. The molecule has 1 aromatic rings. The van der Waals surface area contributed by atoms with Crippen LogP contribution in [0, 0.1) is 0 Å². The van der Waals surface area contributed by atoms with Gasteiger partial charge in [-0.15, -0.1) is 0 Å². The molecule has 1 N–H and O–H groups in total. The Hall–Kier alpha value is -1.59. The number of amides is 1. The number of aliphatic hydroxyl groups excluding tert-OH is 1. The second kappa shape index (κ2) is 5.31. The molecule has 3 rings (SSSR count). The highest BCUT2D eigenvalue weighted by molar-refractivity contribution is 6.03. The summed E-state index contributed by atoms with van der Waals surface area (Å²) in [5.74, 6) is -0.244. The number of fused-ring (bicyclic) bond motifs is 1. The fraction of sp³-hybridized carbons (Fsp3) is 0.562. The van der Waals surface area contributed by atoms with Gasteiger partial charge in [-0.25, -0.2) is 0 Å². The molecule has 1 aromatic carbocycles. The summed E-state index contributed by atoms with van der Waals surface area (Å²) >= 11 is 0. The molecule has 1 fully saturated rings. The van der Waals surface area contributed by atoms with E-state index in [9.17, 15) is 9.90 Å². The Balaban J connectivity index is 1.79. The predicted molar refractivity (Wildman–Crippen MR) is 83.7 cm³/mol. The molecule has 0 spiro atoms. The molecule has 1 unspecified atom stereocenters. The van der Waals surface area contributed by atoms with Crippen molar-refractivity contribution in [1.82, 2.24) is 4.90 Å². The fourth-order valence-corrected chi connectivity index (χ4v) is 3.18. The lowest BCUT2D eigenvalue weighted by molar-refractivity contribution is -0.125. The summed E-state index contributed by atoms with van der Waals surface area (Å²) in [7, 11) is 1.72. The van der Waals surface area contributed by atoms with E-state index in [1.807, 2.05) is 18.2 Å². The second-order valence-corrected chi connectivity index (χ2v) is 6.16. The fourth-order valence-electron chi connectivity index (χ4n) is 3.18. The highest BCUT2D eigenvalue weighted by Gasteiger charge is 2.34. The molecule has 1 atom stereocenters. The van der Waals surface area contributed by atoms with Gasteiger partial charge in [0, 0.05) is 50.5 Å². The van der Waals surface area contributed by atoms with E-state index in [4.69, 9.17) is 0 Å². The normalized spacial score (nSPS) is 23.1. The van der Waals surface area contributed by atoms with E-state index in [0.717, 1.165) is 37.6 Å². The maximum atomic E-state index is 11.8. The van der Waals surface area contributed by atoms with Gasteiger partial charge in [0.15, 0.2) is 6.10 Å². The standard InChI is InChI=1S/C16H23N3O2/c1-11(2)18-6-8-19(9-7-18)12-4-5-13-14(10-12)17(3)16(21)15(13)20/h4-5,10-11,15,20H,6-9H2,1-3H3. The van der Waals surface area contributed by atoms with Crippen LogP contribution in [0.5, 0.6) is 0 Å². The average molecular weight is 289 g/mol. The number of benzene rings is 1. The number of hydrogen-bond acceptors (Lipinski definition) is 4. The lowest BCUT2D eigenvalue weighted by atomic mass is 10.1. The van der Waals surface area contributed by atoms with E-state index in [-0.39, 0.29) is 5.91 Å². The van der Waals surface area contributed by atoms with E-state index >= 15 is 0 Å². The van der Waals surface area contributed by atoms with E-state index in [1.165, 1.54) is 0 Å². The van der Waals surface area contributed by atoms with E-state index in [0.29, 0.717) is 11.6 Å². The zero-order valence-corrected chi connectivity index (χ0v) is 12.9. The summed E-state index contributed by atoms with van der Waals surface area (Å²) in [6, 6.07) is 6.51. The number of anilines is 2. The molecule has 2 aliphatic heterocycles. The molecule has 1 amide bonds. The molecule has 0 saturated carbocycles. The van der Waals surface area contributed by atoms with Gasteiger partial charge in [0.1, 0.15) is 0 Å². The Morgan fingerprint density at radius 2 is 1.86 bits per heavy atom. The van der Waals surface area contributed by atoms with Crippen molar-refractivity contribution in [2.75, 3.05) is 43.0 Å². The number of aliphatic hydroxyl groups is 1. The van der Waals surface area contributed by atoms with E-state index < -0.39 is 6.10 Å². The van der Waals surface area contributed by atoms with Crippen molar-refractivity contribution in [1.29, 1.82) is 0 Å². The first-order valence-corrected chi connectivity index (χ1v) is 7.57. The lowest BCUT2D eigenvalue weighted by Crippen LogP contribution is -2.48. The third-order valence-corrected chi connectivity index (χ3v) is 4.64. The van der Waals surface area contributed by atoms with Gasteiger partial charge in [0.25, 0.3) is 5.91 Å². The molecule has 5 nitrogen and oxygen atoms in total. The van der Waals surface area contributed by atoms with Crippen molar-refractivity contribution in [3.63, 3.8) is 0 Å². The minimum absolute atomic E-state index is 0.244. The SMILES string of the molecule is CC(C)N1CCN(c2ccc3c(c2)N(C)C(=O)C3O)CC1. The number of nitrogens with zero attached hydrogens (tertiary/aromatic N) is 3. The summed E-state index contributed by atoms with van der Waals surface area (Å²) in [6.07, 6.45) is -1.00. The molecule has 0 radical (unpaired) electrons. The summed E-state index contributed by atoms with van der Waals surface area (Å²) in [5.41, 5.74) is 2.68. The maximum Gasteiger partial charge on any atom is 0.260 e. The van der Waals surface area contributed by atoms with Crippen molar-refractivity contribution in [3.05, 3.63) is 23.8 Å². The molecule has 0 aromatic heterocycles. The van der Waals surface area contributed by atoms with E-state index in [2.05, 4.69) is 23.6 Å². The van der Waals surface area contributed by atoms with Crippen molar-refractivity contribution >= 4 is 17.3 Å². The van der Waals surface area contributed by atoms with Gasteiger partial charge in [0.05, 0.1) is 5.69 Å². The van der Waals surface area contributed by atoms with Gasteiger partial charge in [0.2, 0.25) is 0 Å². The van der Waals surface area contributed by atoms with Crippen LogP contribution < -0.4 is 9.80 Å². The largest absolute Gasteiger partial charge is 0.378 e. The van der Waals surface area contributed by atoms with Gasteiger partial charge < -0.3 is 14.9 Å². The van der Waals surface area contributed by atoms with E-state index in [1.54, 1.807) is 11.9 Å². The molecule has 0 aliphatic carbocycles. The minimum Gasteiger partial charge on any atom is -0.378 e. The van der Waals surface area contributed by atoms with Gasteiger partial charge >= 0.3 is 0 Å². The smallest absolute Gasteiger partial charge is 0.260 e. The highest BCUT2D eigenvalue weighted by atomic mass is 16.3. The Morgan fingerprint density at radius 1 is 1.19 bits per heavy atom. The van der Waals surface area contributed by atoms with Crippen molar-refractivity contribution in [2.45, 2.75) is 26.0 Å². The van der Waals surface area contributed by atoms with Gasteiger partial charge in [-0.3, -0.25) is 9.69 Å². The van der Waals surface area contributed by atoms with Crippen molar-refractivity contribution in [2.24, 2.45) is 0 Å². The Morgan fingerprint density at radius 3 is 2.48 bits per heavy atom. The van der Waals surface area contributed by atoms with Gasteiger partial charge in [-0.05, 0) is 26.0 Å². The lowest BCUT2D eigenvalue weighted by Gasteiger charge is -2.38. The Labute approximate surface area is 125 Å². The van der Waals surface area contributed by atoms with Crippen molar-refractivity contribution < 1.29 is 9.90 Å². The molecule has 2 heterocycles. The molecule has 2 aliphatic rings. The van der Waals surface area contributed by atoms with Crippen LogP contribution in [-0.4, -0.2) is 55.2 Å². The maximum absolute atomic E-state index is 11.8. The summed E-state index contributed by atoms with van der Waals surface area (Å²) in [6.45, 7) is 8.58. The zero-order valence-electron chi connectivity index (χ0n) is 12.9. The third-order valence-electron chi connectivity index (χ3n) is 4.64. The first kappa shape index (κ1) is 14.4. The summed E-state index contributed by atoms with van der Waals surface area (Å²) in [5, 5.41) is 9.91. The molecule has 0 bridgehead atoms. The van der Waals surface area contributed by atoms with Crippen LogP contribution in [0.4, 0.5) is 11.4 Å². The molecule has 5 heteroatoms. The number of piperazine rings is 1. The first-order valence-electron chi connectivity index (χ1n) is 7.57. The minimum atomic E-state index is -1.00. The first-order chi connectivity index (χ1) is 9.99. The third kappa shape index (κ3) is 2.40. The van der Waals surface area contributed by atoms with Crippen LogP contribution in [0.15, 0.2) is 18.2 Å². The van der Waals surface area contributed by atoms with Crippen molar-refractivity contribution in [3.8, 4) is 0 Å². The second-order valence-electron chi connectivity index (χ2n) is 6.16. The van der Waals surface area contributed by atoms with Crippen LogP contribution in [0.3, 0.4) is 0 Å². The number of rotatable bonds is 2. The van der Waals surface area contributed by atoms with Crippen LogP contribution >= 0.6 is 0 Å². The molecule has 1 saturated heterocycles. The van der Waals surface area contributed by atoms with Gasteiger partial charge in [-0.1, -0.05) is 6.07 Å². The summed E-state index contributed by atoms with van der Waals surface area (Å²) < 4.78 is 0. The Bertz CT molecular complexity index is 550. The number of hydrogen-bond donors (Lipinski definition) is 1. The topological polar surface area (TPSA) is 47.0 Å². The molecule has 21 heavy (non-hydrogen) atoms. The van der Waals surface area contributed by atoms with Crippen LogP contribution in [0.2, 0.25) is 0 Å². The number of carbonyl (C=O) groups is 1. The predicted octanol–water partition coefficient (Wildman–Crippen LogP) is 1.23.